The van der Waals surface area contributed by atoms with E-state index < -0.39 is 0 Å². The van der Waals surface area contributed by atoms with E-state index >= 15 is 0 Å². The lowest BCUT2D eigenvalue weighted by Crippen LogP contribution is -2.00. The van der Waals surface area contributed by atoms with E-state index in [0.717, 1.165) is 21.3 Å². The minimum atomic E-state index is -0.257. The van der Waals surface area contributed by atoms with Crippen molar-refractivity contribution in [1.29, 1.82) is 0 Å². The second-order valence-electron chi connectivity index (χ2n) is 5.99. The van der Waals surface area contributed by atoms with Gasteiger partial charge in [0, 0.05) is 18.8 Å². The van der Waals surface area contributed by atoms with Crippen molar-refractivity contribution in [3.05, 3.63) is 81.1 Å². The SMILES string of the molecule is COc1ccc(/C=C/C(=O)c2nn(C)cc2Cl)cc1COc1ccccc1Br. The molecule has 1 aromatic heterocycles. The van der Waals surface area contributed by atoms with Crippen LogP contribution >= 0.6 is 27.5 Å². The van der Waals surface area contributed by atoms with Gasteiger partial charge in [-0.2, -0.15) is 5.10 Å². The number of hydrogen-bond donors (Lipinski definition) is 0. The van der Waals surface area contributed by atoms with Crippen LogP contribution in [-0.4, -0.2) is 22.7 Å². The second kappa shape index (κ2) is 9.08. The Bertz CT molecular complexity index is 1030. The highest BCUT2D eigenvalue weighted by atomic mass is 79.9. The molecule has 28 heavy (non-hydrogen) atoms. The van der Waals surface area contributed by atoms with Crippen molar-refractivity contribution in [2.75, 3.05) is 7.11 Å². The van der Waals surface area contributed by atoms with Crippen LogP contribution < -0.4 is 9.47 Å². The molecule has 0 spiro atoms. The van der Waals surface area contributed by atoms with Crippen molar-refractivity contribution in [2.24, 2.45) is 7.05 Å². The number of methoxy groups -OCH3 is 1. The van der Waals surface area contributed by atoms with Gasteiger partial charge in [-0.15, -0.1) is 0 Å². The molecule has 0 radical (unpaired) electrons. The maximum Gasteiger partial charge on any atom is 0.207 e. The Hall–Kier alpha value is -2.57. The van der Waals surface area contributed by atoms with Gasteiger partial charge in [0.05, 0.1) is 16.6 Å². The van der Waals surface area contributed by atoms with Gasteiger partial charge in [0.2, 0.25) is 5.78 Å². The third kappa shape index (κ3) is 4.82. The molecule has 0 fully saturated rings. The molecule has 0 N–H and O–H groups in total. The second-order valence-corrected chi connectivity index (χ2v) is 7.25. The quantitative estimate of drug-likeness (QED) is 0.353. The number of halogens is 2. The van der Waals surface area contributed by atoms with Crippen LogP contribution in [0.4, 0.5) is 0 Å². The molecular formula is C21H18BrClN2O3. The van der Waals surface area contributed by atoms with E-state index in [1.807, 2.05) is 42.5 Å². The molecule has 0 aliphatic carbocycles. The standard InChI is InChI=1S/C21H18BrClN2O3/c1-25-12-17(23)21(24-25)18(26)9-7-14-8-10-19(27-2)15(11-14)13-28-20-6-4-3-5-16(20)22/h3-12H,13H2,1-2H3/b9-7+. The fraction of sp³-hybridized carbons (Fsp3) is 0.143. The maximum absolute atomic E-state index is 12.3. The molecule has 0 aliphatic heterocycles. The van der Waals surface area contributed by atoms with E-state index in [4.69, 9.17) is 21.1 Å². The molecule has 0 aliphatic rings. The Morgan fingerprint density at radius 1 is 1.25 bits per heavy atom. The molecule has 3 aromatic rings. The fourth-order valence-electron chi connectivity index (χ4n) is 2.61. The van der Waals surface area contributed by atoms with Gasteiger partial charge in [-0.25, -0.2) is 0 Å². The largest absolute Gasteiger partial charge is 0.496 e. The number of rotatable bonds is 7. The fourth-order valence-corrected chi connectivity index (χ4v) is 3.28. The van der Waals surface area contributed by atoms with Crippen LogP contribution in [0.3, 0.4) is 0 Å². The summed E-state index contributed by atoms with van der Waals surface area (Å²) in [6.07, 6.45) is 4.76. The number of carbonyl (C=O) groups excluding carboxylic acids is 1. The van der Waals surface area contributed by atoms with Gasteiger partial charge in [0.15, 0.2) is 5.69 Å². The average Bonchev–Trinajstić information content (AvgIpc) is 3.03. The summed E-state index contributed by atoms with van der Waals surface area (Å²) >= 11 is 9.49. The Morgan fingerprint density at radius 2 is 2.04 bits per heavy atom. The number of ketones is 1. The zero-order valence-corrected chi connectivity index (χ0v) is 17.7. The molecule has 5 nitrogen and oxygen atoms in total. The first kappa shape index (κ1) is 20.2. The number of benzene rings is 2. The average molecular weight is 462 g/mol. The first-order chi connectivity index (χ1) is 13.5. The molecule has 144 valence electrons. The molecule has 0 atom stereocenters. The van der Waals surface area contributed by atoms with Crippen LogP contribution in [0.5, 0.6) is 11.5 Å². The first-order valence-electron chi connectivity index (χ1n) is 8.43. The molecular weight excluding hydrogens is 444 g/mol. The van der Waals surface area contributed by atoms with Gasteiger partial charge in [0.25, 0.3) is 0 Å². The topological polar surface area (TPSA) is 53.3 Å². The lowest BCUT2D eigenvalue weighted by atomic mass is 10.1. The lowest BCUT2D eigenvalue weighted by Gasteiger charge is -2.12. The molecule has 3 rings (SSSR count). The van der Waals surface area contributed by atoms with E-state index in [9.17, 15) is 4.79 Å². The van der Waals surface area contributed by atoms with Crippen molar-refractivity contribution in [3.8, 4) is 11.5 Å². The molecule has 0 saturated carbocycles. The summed E-state index contributed by atoms with van der Waals surface area (Å²) in [6.45, 7) is 0.327. The number of para-hydroxylation sites is 1. The predicted molar refractivity (Wildman–Crippen MR) is 113 cm³/mol. The number of hydrogen-bond acceptors (Lipinski definition) is 4. The summed E-state index contributed by atoms with van der Waals surface area (Å²) in [6, 6.07) is 13.3. The van der Waals surface area contributed by atoms with Crippen LogP contribution in [-0.2, 0) is 13.7 Å². The molecule has 7 heteroatoms. The summed E-state index contributed by atoms with van der Waals surface area (Å²) in [5.41, 5.74) is 1.93. The maximum atomic E-state index is 12.3. The summed E-state index contributed by atoms with van der Waals surface area (Å²) in [5.74, 6) is 1.20. The third-order valence-electron chi connectivity index (χ3n) is 3.97. The number of nitrogens with zero attached hydrogens (tertiary/aromatic N) is 2. The van der Waals surface area contributed by atoms with Crippen LogP contribution in [0.2, 0.25) is 5.02 Å². The monoisotopic (exact) mass is 460 g/mol. The van der Waals surface area contributed by atoms with E-state index in [1.165, 1.54) is 10.8 Å². The number of carbonyl (C=O) groups is 1. The first-order valence-corrected chi connectivity index (χ1v) is 9.61. The predicted octanol–water partition coefficient (Wildman–Crippen LogP) is 5.32. The Kier molecular flexibility index (Phi) is 6.54. The van der Waals surface area contributed by atoms with Gasteiger partial charge in [-0.3, -0.25) is 9.48 Å². The number of allylic oxidation sites excluding steroid dienone is 1. The minimum absolute atomic E-state index is 0.228. The Morgan fingerprint density at radius 3 is 2.71 bits per heavy atom. The summed E-state index contributed by atoms with van der Waals surface area (Å²) in [4.78, 5) is 12.3. The van der Waals surface area contributed by atoms with E-state index in [-0.39, 0.29) is 11.5 Å². The van der Waals surface area contributed by atoms with Crippen molar-refractivity contribution in [1.82, 2.24) is 9.78 Å². The van der Waals surface area contributed by atoms with Crippen LogP contribution in [0.25, 0.3) is 6.08 Å². The van der Waals surface area contributed by atoms with Gasteiger partial charge in [0.1, 0.15) is 18.1 Å². The van der Waals surface area contributed by atoms with Crippen molar-refractivity contribution >= 4 is 39.4 Å². The molecule has 0 amide bonds. The smallest absolute Gasteiger partial charge is 0.207 e. The number of aryl methyl sites for hydroxylation is 1. The van der Waals surface area contributed by atoms with Gasteiger partial charge in [-0.1, -0.05) is 35.9 Å². The zero-order valence-electron chi connectivity index (χ0n) is 15.4. The van der Waals surface area contributed by atoms with E-state index in [2.05, 4.69) is 21.0 Å². The summed E-state index contributed by atoms with van der Waals surface area (Å²) in [5, 5.41) is 4.41. The molecule has 0 bridgehead atoms. The molecule has 1 heterocycles. The third-order valence-corrected chi connectivity index (χ3v) is 4.90. The van der Waals surface area contributed by atoms with Crippen LogP contribution in [0.1, 0.15) is 21.6 Å². The lowest BCUT2D eigenvalue weighted by molar-refractivity contribution is 0.104. The van der Waals surface area contributed by atoms with Crippen molar-refractivity contribution in [3.63, 3.8) is 0 Å². The molecule has 2 aromatic carbocycles. The van der Waals surface area contributed by atoms with Gasteiger partial charge >= 0.3 is 0 Å². The van der Waals surface area contributed by atoms with Crippen LogP contribution in [0.15, 0.2) is 59.2 Å². The van der Waals surface area contributed by atoms with Gasteiger partial charge < -0.3 is 9.47 Å². The summed E-state index contributed by atoms with van der Waals surface area (Å²) in [7, 11) is 3.33. The van der Waals surface area contributed by atoms with E-state index in [1.54, 1.807) is 26.4 Å². The van der Waals surface area contributed by atoms with E-state index in [0.29, 0.717) is 17.4 Å². The number of ether oxygens (including phenoxy) is 2. The Labute approximate surface area is 176 Å². The Balaban J connectivity index is 1.77. The van der Waals surface area contributed by atoms with Crippen LogP contribution in [0, 0.1) is 0 Å². The van der Waals surface area contributed by atoms with Gasteiger partial charge in [-0.05, 0) is 51.8 Å². The molecule has 0 unspecified atom stereocenters. The number of aromatic nitrogens is 2. The zero-order chi connectivity index (χ0) is 20.1. The summed E-state index contributed by atoms with van der Waals surface area (Å²) < 4.78 is 13.7. The highest BCUT2D eigenvalue weighted by Gasteiger charge is 2.12. The molecule has 0 saturated heterocycles. The minimum Gasteiger partial charge on any atom is -0.496 e. The van der Waals surface area contributed by atoms with Crippen molar-refractivity contribution < 1.29 is 14.3 Å². The van der Waals surface area contributed by atoms with Crippen molar-refractivity contribution in [2.45, 2.75) is 6.61 Å². The highest BCUT2D eigenvalue weighted by Crippen LogP contribution is 2.27. The normalized spacial score (nSPS) is 11.0. The highest BCUT2D eigenvalue weighted by molar-refractivity contribution is 9.10.